The predicted molar refractivity (Wildman–Crippen MR) is 65.6 cm³/mol. The first-order valence-corrected chi connectivity index (χ1v) is 6.81. The van der Waals surface area contributed by atoms with Gasteiger partial charge in [0.2, 0.25) is 10.0 Å². The van der Waals surface area contributed by atoms with Gasteiger partial charge in [0.05, 0.1) is 10.0 Å². The van der Waals surface area contributed by atoms with E-state index in [-0.39, 0.29) is 21.5 Å². The summed E-state index contributed by atoms with van der Waals surface area (Å²) in [5, 5.41) is 3.06. The standard InChI is InChI=1S/C9H12Cl2N2O2S/c1-12-5-6-13-16(14,15)9-7(10)3-2-4-8(9)11/h2-4,12-13H,5-6H2,1H3. The highest BCUT2D eigenvalue weighted by Crippen LogP contribution is 2.28. The van der Waals surface area contributed by atoms with E-state index in [2.05, 4.69) is 10.0 Å². The van der Waals surface area contributed by atoms with Crippen LogP contribution in [0.2, 0.25) is 10.0 Å². The lowest BCUT2D eigenvalue weighted by atomic mass is 10.4. The van der Waals surface area contributed by atoms with Crippen molar-refractivity contribution in [3.63, 3.8) is 0 Å². The second kappa shape index (κ2) is 5.84. The van der Waals surface area contributed by atoms with Crippen LogP contribution in [-0.2, 0) is 10.0 Å². The van der Waals surface area contributed by atoms with E-state index in [0.29, 0.717) is 6.54 Å². The molecule has 0 aliphatic heterocycles. The molecule has 2 N–H and O–H groups in total. The summed E-state index contributed by atoms with van der Waals surface area (Å²) in [6, 6.07) is 4.57. The Morgan fingerprint density at radius 2 is 1.75 bits per heavy atom. The molecule has 0 saturated heterocycles. The fraction of sp³-hybridized carbons (Fsp3) is 0.333. The maximum absolute atomic E-state index is 11.8. The number of nitrogens with one attached hydrogen (secondary N) is 2. The average Bonchev–Trinajstić information content (AvgIpc) is 2.17. The van der Waals surface area contributed by atoms with Crippen molar-refractivity contribution in [1.82, 2.24) is 10.0 Å². The number of hydrogen-bond acceptors (Lipinski definition) is 3. The molecule has 90 valence electrons. The Balaban J connectivity index is 2.98. The molecule has 0 saturated carbocycles. The van der Waals surface area contributed by atoms with E-state index in [1.807, 2.05) is 0 Å². The van der Waals surface area contributed by atoms with Crippen molar-refractivity contribution in [1.29, 1.82) is 0 Å². The van der Waals surface area contributed by atoms with Crippen LogP contribution in [0.25, 0.3) is 0 Å². The third-order valence-corrected chi connectivity index (χ3v) is 4.27. The number of hydrogen-bond donors (Lipinski definition) is 2. The van der Waals surface area contributed by atoms with E-state index in [4.69, 9.17) is 23.2 Å². The minimum absolute atomic E-state index is 0.0746. The molecule has 0 radical (unpaired) electrons. The highest BCUT2D eigenvalue weighted by atomic mass is 35.5. The molecule has 0 aliphatic rings. The fourth-order valence-electron chi connectivity index (χ4n) is 1.12. The van der Waals surface area contributed by atoms with Gasteiger partial charge in [-0.2, -0.15) is 0 Å². The normalized spacial score (nSPS) is 11.7. The summed E-state index contributed by atoms with van der Waals surface area (Å²) in [7, 11) is -1.91. The number of likely N-dealkylation sites (N-methyl/N-ethyl adjacent to an activating group) is 1. The van der Waals surface area contributed by atoms with Crippen LogP contribution < -0.4 is 10.0 Å². The van der Waals surface area contributed by atoms with Crippen LogP contribution in [0.15, 0.2) is 23.1 Å². The Morgan fingerprint density at radius 1 is 1.19 bits per heavy atom. The number of sulfonamides is 1. The van der Waals surface area contributed by atoms with Gasteiger partial charge in [0.25, 0.3) is 0 Å². The molecule has 0 heterocycles. The maximum atomic E-state index is 11.8. The van der Waals surface area contributed by atoms with Gasteiger partial charge in [-0.25, -0.2) is 13.1 Å². The summed E-state index contributed by atoms with van der Waals surface area (Å²) in [5.74, 6) is 0. The zero-order chi connectivity index (χ0) is 12.2. The van der Waals surface area contributed by atoms with Crippen LogP contribution in [0.4, 0.5) is 0 Å². The Labute approximate surface area is 105 Å². The number of halogens is 2. The first kappa shape index (κ1) is 13.7. The van der Waals surface area contributed by atoms with Gasteiger partial charge in [-0.3, -0.25) is 0 Å². The van der Waals surface area contributed by atoms with Crippen LogP contribution in [0.1, 0.15) is 0 Å². The van der Waals surface area contributed by atoms with Crippen molar-refractivity contribution < 1.29 is 8.42 Å². The molecule has 4 nitrogen and oxygen atoms in total. The molecule has 0 aromatic heterocycles. The fourth-order valence-corrected chi connectivity index (χ4v) is 3.29. The van der Waals surface area contributed by atoms with E-state index >= 15 is 0 Å². The summed E-state index contributed by atoms with van der Waals surface area (Å²) in [6.07, 6.45) is 0. The summed E-state index contributed by atoms with van der Waals surface area (Å²) in [4.78, 5) is -0.0746. The molecule has 1 aromatic carbocycles. The highest BCUT2D eigenvalue weighted by molar-refractivity contribution is 7.89. The lowest BCUT2D eigenvalue weighted by Crippen LogP contribution is -2.30. The topological polar surface area (TPSA) is 58.2 Å². The van der Waals surface area contributed by atoms with Gasteiger partial charge in [-0.15, -0.1) is 0 Å². The molecule has 1 aromatic rings. The van der Waals surface area contributed by atoms with Crippen LogP contribution in [0.3, 0.4) is 0 Å². The van der Waals surface area contributed by atoms with Gasteiger partial charge in [0.15, 0.2) is 0 Å². The molecule has 0 spiro atoms. The lowest BCUT2D eigenvalue weighted by molar-refractivity contribution is 0.579. The van der Waals surface area contributed by atoms with Crippen LogP contribution >= 0.6 is 23.2 Å². The summed E-state index contributed by atoms with van der Waals surface area (Å²) < 4.78 is 26.1. The van der Waals surface area contributed by atoms with Gasteiger partial charge < -0.3 is 5.32 Å². The van der Waals surface area contributed by atoms with Crippen LogP contribution in [0, 0.1) is 0 Å². The molecule has 0 bridgehead atoms. The lowest BCUT2D eigenvalue weighted by Gasteiger charge is -2.09. The Hall–Kier alpha value is -0.330. The average molecular weight is 283 g/mol. The monoisotopic (exact) mass is 282 g/mol. The Morgan fingerprint density at radius 3 is 2.25 bits per heavy atom. The first-order chi connectivity index (χ1) is 7.49. The zero-order valence-electron chi connectivity index (χ0n) is 8.63. The quantitative estimate of drug-likeness (QED) is 0.805. The van der Waals surface area contributed by atoms with Gasteiger partial charge >= 0.3 is 0 Å². The molecule has 1 rings (SSSR count). The highest BCUT2D eigenvalue weighted by Gasteiger charge is 2.20. The molecule has 7 heteroatoms. The smallest absolute Gasteiger partial charge is 0.243 e. The first-order valence-electron chi connectivity index (χ1n) is 4.57. The van der Waals surface area contributed by atoms with Crippen molar-refractivity contribution in [2.75, 3.05) is 20.1 Å². The summed E-state index contributed by atoms with van der Waals surface area (Å²) >= 11 is 11.6. The van der Waals surface area contributed by atoms with Crippen LogP contribution in [0.5, 0.6) is 0 Å². The SMILES string of the molecule is CNCCNS(=O)(=O)c1c(Cl)cccc1Cl. The van der Waals surface area contributed by atoms with Gasteiger partial charge in [-0.1, -0.05) is 29.3 Å². The third kappa shape index (κ3) is 3.33. The van der Waals surface area contributed by atoms with E-state index in [0.717, 1.165) is 0 Å². The molecular formula is C9H12Cl2N2O2S. The molecule has 0 fully saturated rings. The van der Waals surface area contributed by atoms with Crippen molar-refractivity contribution in [2.45, 2.75) is 4.90 Å². The largest absolute Gasteiger partial charge is 0.318 e. The van der Waals surface area contributed by atoms with Gasteiger partial charge in [-0.05, 0) is 19.2 Å². The van der Waals surface area contributed by atoms with E-state index in [1.54, 1.807) is 13.1 Å². The molecule has 0 aliphatic carbocycles. The predicted octanol–water partition coefficient (Wildman–Crippen LogP) is 1.49. The van der Waals surface area contributed by atoms with Crippen molar-refractivity contribution >= 4 is 33.2 Å². The number of benzene rings is 1. The van der Waals surface area contributed by atoms with Crippen LogP contribution in [-0.4, -0.2) is 28.6 Å². The minimum Gasteiger partial charge on any atom is -0.318 e. The van der Waals surface area contributed by atoms with Gasteiger partial charge in [0.1, 0.15) is 4.90 Å². The van der Waals surface area contributed by atoms with Gasteiger partial charge in [0, 0.05) is 13.1 Å². The third-order valence-electron chi connectivity index (χ3n) is 1.85. The van der Waals surface area contributed by atoms with Crippen molar-refractivity contribution in [3.8, 4) is 0 Å². The second-order valence-corrected chi connectivity index (χ2v) is 5.57. The summed E-state index contributed by atoms with van der Waals surface area (Å²) in [5.41, 5.74) is 0. The zero-order valence-corrected chi connectivity index (χ0v) is 11.0. The number of rotatable bonds is 5. The summed E-state index contributed by atoms with van der Waals surface area (Å²) in [6.45, 7) is 0.807. The van der Waals surface area contributed by atoms with E-state index < -0.39 is 10.0 Å². The minimum atomic E-state index is -3.65. The molecule has 0 atom stereocenters. The Kier molecular flexibility index (Phi) is 5.01. The molecular weight excluding hydrogens is 271 g/mol. The molecule has 0 amide bonds. The maximum Gasteiger partial charge on any atom is 0.243 e. The van der Waals surface area contributed by atoms with Crippen molar-refractivity contribution in [3.05, 3.63) is 28.2 Å². The molecule has 0 unspecified atom stereocenters. The molecule has 16 heavy (non-hydrogen) atoms. The van der Waals surface area contributed by atoms with E-state index in [9.17, 15) is 8.42 Å². The second-order valence-electron chi connectivity index (χ2n) is 3.05. The van der Waals surface area contributed by atoms with E-state index in [1.165, 1.54) is 12.1 Å². The Bertz CT molecular complexity index is 442. The van der Waals surface area contributed by atoms with Crippen molar-refractivity contribution in [2.24, 2.45) is 0 Å².